The van der Waals surface area contributed by atoms with E-state index in [1.807, 2.05) is 0 Å². The second-order valence-electron chi connectivity index (χ2n) is 11.3. The van der Waals surface area contributed by atoms with Crippen molar-refractivity contribution in [1.29, 1.82) is 0 Å². The Morgan fingerprint density at radius 1 is 1.09 bits per heavy atom. The SMILES string of the molecule is O=c1c(Cl)c(NC[C@@H]2COC[C@H]3C#C[C@@H]23)cnn1C1CCC(N(C[C@H]2COCCO2)c2ccc(OC(F)(F)F)nc2)CC1. The molecule has 2 saturated heterocycles. The molecule has 0 bridgehead atoms. The number of halogens is 4. The molecule has 10 nitrogen and oxygen atoms in total. The summed E-state index contributed by atoms with van der Waals surface area (Å²) in [5, 5.41) is 7.84. The van der Waals surface area contributed by atoms with Gasteiger partial charge < -0.3 is 29.2 Å². The van der Waals surface area contributed by atoms with Gasteiger partial charge in [-0.25, -0.2) is 9.67 Å². The van der Waals surface area contributed by atoms with Gasteiger partial charge in [0.05, 0.1) is 74.9 Å². The molecule has 1 N–H and O–H groups in total. The molecule has 43 heavy (non-hydrogen) atoms. The van der Waals surface area contributed by atoms with Gasteiger partial charge in [0.25, 0.3) is 5.56 Å². The summed E-state index contributed by atoms with van der Waals surface area (Å²) in [6.07, 6.45) is 0.751. The van der Waals surface area contributed by atoms with Gasteiger partial charge in [0.2, 0.25) is 5.88 Å². The van der Waals surface area contributed by atoms with Crippen LogP contribution >= 0.6 is 11.6 Å². The molecule has 2 aliphatic heterocycles. The Morgan fingerprint density at radius 2 is 1.93 bits per heavy atom. The number of hydrogen-bond donors (Lipinski definition) is 1. The molecule has 0 amide bonds. The number of aromatic nitrogens is 3. The van der Waals surface area contributed by atoms with E-state index in [0.29, 0.717) is 76.3 Å². The molecule has 4 heterocycles. The summed E-state index contributed by atoms with van der Waals surface area (Å²) in [7, 11) is 0. The van der Waals surface area contributed by atoms with Crippen LogP contribution in [0.15, 0.2) is 29.3 Å². The minimum Gasteiger partial charge on any atom is -0.388 e. The van der Waals surface area contributed by atoms with Crippen LogP contribution in [0.25, 0.3) is 0 Å². The molecular formula is C29H33ClF3N5O5. The van der Waals surface area contributed by atoms with Crippen molar-refractivity contribution in [2.75, 3.05) is 56.3 Å². The van der Waals surface area contributed by atoms with Crippen molar-refractivity contribution < 1.29 is 32.1 Å². The first kappa shape index (κ1) is 30.0. The zero-order valence-electron chi connectivity index (χ0n) is 23.4. The predicted octanol–water partition coefficient (Wildman–Crippen LogP) is 3.90. The van der Waals surface area contributed by atoms with E-state index < -0.39 is 12.2 Å². The number of alkyl halides is 3. The van der Waals surface area contributed by atoms with Crippen LogP contribution in [0.5, 0.6) is 5.88 Å². The maximum atomic E-state index is 13.2. The van der Waals surface area contributed by atoms with Crippen LogP contribution in [0.1, 0.15) is 31.7 Å². The average molecular weight is 624 g/mol. The van der Waals surface area contributed by atoms with Gasteiger partial charge in [-0.15, -0.1) is 13.2 Å². The zero-order valence-corrected chi connectivity index (χ0v) is 24.1. The molecule has 14 heteroatoms. The summed E-state index contributed by atoms with van der Waals surface area (Å²) < 4.78 is 60.4. The van der Waals surface area contributed by atoms with E-state index in [-0.39, 0.29) is 40.6 Å². The molecular weight excluding hydrogens is 591 g/mol. The molecule has 6 rings (SSSR count). The number of pyridine rings is 1. The molecule has 0 spiro atoms. The molecule has 0 radical (unpaired) electrons. The molecule has 1 saturated carbocycles. The normalized spacial score (nSPS) is 28.6. The smallest absolute Gasteiger partial charge is 0.388 e. The number of hydrogen-bond acceptors (Lipinski definition) is 9. The quantitative estimate of drug-likeness (QED) is 0.417. The lowest BCUT2D eigenvalue weighted by Crippen LogP contribution is -2.46. The number of anilines is 2. The first-order valence-electron chi connectivity index (χ1n) is 14.5. The highest BCUT2D eigenvalue weighted by Gasteiger charge is 2.36. The van der Waals surface area contributed by atoms with Crippen molar-refractivity contribution in [2.24, 2.45) is 17.8 Å². The highest BCUT2D eigenvalue weighted by molar-refractivity contribution is 6.32. The molecule has 2 aromatic heterocycles. The maximum Gasteiger partial charge on any atom is 0.574 e. The summed E-state index contributed by atoms with van der Waals surface area (Å²) in [5.41, 5.74) is 0.811. The van der Waals surface area contributed by atoms with Crippen LogP contribution < -0.4 is 20.5 Å². The number of fused-ring (bicyclic) bond motifs is 1. The van der Waals surface area contributed by atoms with Crippen molar-refractivity contribution in [3.63, 3.8) is 0 Å². The van der Waals surface area contributed by atoms with Gasteiger partial charge in [-0.2, -0.15) is 5.10 Å². The number of nitrogens with zero attached hydrogens (tertiary/aromatic N) is 4. The summed E-state index contributed by atoms with van der Waals surface area (Å²) in [5.74, 6) is 6.65. The van der Waals surface area contributed by atoms with E-state index in [1.54, 1.807) is 12.3 Å². The lowest BCUT2D eigenvalue weighted by atomic mass is 9.75. The van der Waals surface area contributed by atoms with E-state index in [1.165, 1.54) is 16.9 Å². The Hall–Kier alpha value is -3.05. The van der Waals surface area contributed by atoms with Gasteiger partial charge in [0, 0.05) is 37.0 Å². The Kier molecular flexibility index (Phi) is 9.00. The minimum absolute atomic E-state index is 0.0428. The number of rotatable bonds is 9. The van der Waals surface area contributed by atoms with E-state index in [0.717, 1.165) is 12.8 Å². The Morgan fingerprint density at radius 3 is 2.60 bits per heavy atom. The first-order valence-corrected chi connectivity index (χ1v) is 14.9. The van der Waals surface area contributed by atoms with Crippen LogP contribution in [0, 0.1) is 29.6 Å². The molecule has 232 valence electrons. The van der Waals surface area contributed by atoms with Gasteiger partial charge in [-0.05, 0) is 31.7 Å². The molecule has 4 aliphatic rings. The first-order chi connectivity index (χ1) is 20.7. The van der Waals surface area contributed by atoms with Gasteiger partial charge in [-0.1, -0.05) is 23.4 Å². The van der Waals surface area contributed by atoms with Crippen LogP contribution in [0.3, 0.4) is 0 Å². The topological polar surface area (TPSA) is 100.0 Å². The summed E-state index contributed by atoms with van der Waals surface area (Å²) >= 11 is 6.52. The molecule has 0 unspecified atom stereocenters. The second-order valence-corrected chi connectivity index (χ2v) is 11.7. The van der Waals surface area contributed by atoms with Crippen LogP contribution in [0.2, 0.25) is 5.02 Å². The highest BCUT2D eigenvalue weighted by Crippen LogP contribution is 2.35. The minimum atomic E-state index is -4.82. The van der Waals surface area contributed by atoms with Gasteiger partial charge in [-0.3, -0.25) is 4.79 Å². The van der Waals surface area contributed by atoms with Crippen LogP contribution in [-0.2, 0) is 14.2 Å². The van der Waals surface area contributed by atoms with E-state index >= 15 is 0 Å². The summed E-state index contributed by atoms with van der Waals surface area (Å²) in [4.78, 5) is 19.2. The Balaban J connectivity index is 1.10. The van der Waals surface area contributed by atoms with Gasteiger partial charge in [0.1, 0.15) is 5.02 Å². The van der Waals surface area contributed by atoms with E-state index in [9.17, 15) is 18.0 Å². The second kappa shape index (κ2) is 12.9. The van der Waals surface area contributed by atoms with Crippen molar-refractivity contribution >= 4 is 23.0 Å². The molecule has 2 aliphatic carbocycles. The third kappa shape index (κ3) is 7.03. The third-order valence-corrected chi connectivity index (χ3v) is 8.88. The van der Waals surface area contributed by atoms with Gasteiger partial charge >= 0.3 is 6.36 Å². The summed E-state index contributed by atoms with van der Waals surface area (Å²) in [6.45, 7) is 3.80. The molecule has 2 aromatic rings. The van der Waals surface area contributed by atoms with E-state index in [4.69, 9.17) is 25.8 Å². The van der Waals surface area contributed by atoms with Crippen LogP contribution in [-0.4, -0.2) is 79.4 Å². The van der Waals surface area contributed by atoms with Crippen molar-refractivity contribution in [3.8, 4) is 17.7 Å². The predicted molar refractivity (Wildman–Crippen MR) is 151 cm³/mol. The standard InChI is InChI=1S/C29H33ClF3N5O5/c30-27-25(34-11-19-16-41-15-18-1-7-24(18)19)13-36-38(28(27)39)21-4-2-20(3-5-21)37(14-23-17-40-9-10-42-23)22-6-8-26(35-12-22)43-29(31,32)33/h6,8,12-13,18-21,23-24,34H,2-5,9-11,14-17H2/t18-,19-,20?,21?,23+,24-/m1/s1. The van der Waals surface area contributed by atoms with Crippen LogP contribution in [0.4, 0.5) is 24.5 Å². The summed E-state index contributed by atoms with van der Waals surface area (Å²) in [6, 6.07) is 2.68. The van der Waals surface area contributed by atoms with Gasteiger partial charge in [0.15, 0.2) is 0 Å². The third-order valence-electron chi connectivity index (χ3n) is 8.52. The average Bonchev–Trinajstić information content (AvgIpc) is 2.98. The lowest BCUT2D eigenvalue weighted by molar-refractivity contribution is -0.276. The zero-order chi connectivity index (χ0) is 30.0. The fourth-order valence-electron chi connectivity index (χ4n) is 6.26. The fourth-order valence-corrected chi connectivity index (χ4v) is 6.46. The Labute approximate surface area is 251 Å². The number of nitrogens with one attached hydrogen (secondary N) is 1. The molecule has 4 atom stereocenters. The van der Waals surface area contributed by atoms with Crippen molar-refractivity contribution in [1.82, 2.24) is 14.8 Å². The maximum absolute atomic E-state index is 13.2. The molecule has 3 fully saturated rings. The fraction of sp³-hybridized carbons (Fsp3) is 0.621. The number of ether oxygens (including phenoxy) is 4. The van der Waals surface area contributed by atoms with E-state index in [2.05, 4.69) is 36.9 Å². The van der Waals surface area contributed by atoms with Crippen molar-refractivity contribution in [3.05, 3.63) is 39.9 Å². The molecule has 0 aromatic carbocycles. The highest BCUT2D eigenvalue weighted by atomic mass is 35.5. The lowest BCUT2D eigenvalue weighted by Gasteiger charge is -2.40. The van der Waals surface area contributed by atoms with Crippen molar-refractivity contribution in [2.45, 2.75) is 50.2 Å². The monoisotopic (exact) mass is 623 g/mol. The Bertz CT molecular complexity index is 1380. The largest absolute Gasteiger partial charge is 0.574 e.